The number of fused-ring (bicyclic) bond motifs is 1. The zero-order valence-electron chi connectivity index (χ0n) is 11.8. The lowest BCUT2D eigenvalue weighted by Gasteiger charge is -2.38. The summed E-state index contributed by atoms with van der Waals surface area (Å²) in [5.74, 6) is 1.02. The van der Waals surface area contributed by atoms with Crippen LogP contribution in [-0.2, 0) is 4.74 Å². The Morgan fingerprint density at radius 1 is 1.40 bits per heavy atom. The molecule has 1 aliphatic rings. The number of ether oxygens (including phenoxy) is 1. The number of nitrogens with one attached hydrogen (secondary N) is 1. The van der Waals surface area contributed by atoms with Crippen LogP contribution in [0.25, 0.3) is 11.3 Å². The molecule has 2 aromatic rings. The predicted octanol–water partition coefficient (Wildman–Crippen LogP) is 1.93. The van der Waals surface area contributed by atoms with Crippen LogP contribution in [0.2, 0.25) is 0 Å². The van der Waals surface area contributed by atoms with Crippen molar-refractivity contribution in [3.8, 4) is 0 Å². The number of imidazole rings is 1. The lowest BCUT2D eigenvalue weighted by atomic mass is 10.0. The normalized spacial score (nSPS) is 16.2. The van der Waals surface area contributed by atoms with Gasteiger partial charge < -0.3 is 14.6 Å². The minimum Gasteiger partial charge on any atom is -0.444 e. The number of aromatic nitrogens is 4. The maximum Gasteiger partial charge on any atom is 0.410 e. The van der Waals surface area contributed by atoms with Crippen LogP contribution in [0.3, 0.4) is 0 Å². The van der Waals surface area contributed by atoms with Crippen LogP contribution < -0.4 is 0 Å². The molecule has 0 saturated carbocycles. The minimum absolute atomic E-state index is 0. The summed E-state index contributed by atoms with van der Waals surface area (Å²) in [5.41, 5.74) is 0.825. The molecule has 1 fully saturated rings. The van der Waals surface area contributed by atoms with Gasteiger partial charge in [-0.1, -0.05) is 0 Å². The summed E-state index contributed by atoms with van der Waals surface area (Å²) >= 11 is 0. The molecule has 0 bridgehead atoms. The average molecular weight is 277 g/mol. The Kier molecular flexibility index (Phi) is 2.84. The lowest BCUT2D eigenvalue weighted by Crippen LogP contribution is -2.50. The van der Waals surface area contributed by atoms with Gasteiger partial charge in [0.25, 0.3) is 0 Å². The van der Waals surface area contributed by atoms with Crippen LogP contribution in [-0.4, -0.2) is 49.6 Å². The van der Waals surface area contributed by atoms with Crippen LogP contribution >= 0.6 is 0 Å². The van der Waals surface area contributed by atoms with E-state index in [1.54, 1.807) is 17.3 Å². The van der Waals surface area contributed by atoms with Crippen molar-refractivity contribution in [3.05, 3.63) is 18.2 Å². The van der Waals surface area contributed by atoms with E-state index in [4.69, 9.17) is 4.74 Å². The SMILES string of the molecule is CC(C)(C)OC(=O)N1CC(c2nc3nccnc3[nH]2)C1.[HH]. The van der Waals surface area contributed by atoms with E-state index in [2.05, 4.69) is 19.9 Å². The third-order valence-electron chi connectivity index (χ3n) is 3.07. The molecule has 0 radical (unpaired) electrons. The van der Waals surface area contributed by atoms with Crippen molar-refractivity contribution in [1.82, 2.24) is 24.8 Å². The van der Waals surface area contributed by atoms with E-state index in [1.165, 1.54) is 0 Å². The van der Waals surface area contributed by atoms with Gasteiger partial charge in [-0.3, -0.25) is 0 Å². The van der Waals surface area contributed by atoms with Gasteiger partial charge in [-0.15, -0.1) is 0 Å². The number of carbonyl (C=O) groups excluding carboxylic acids is 1. The number of likely N-dealkylation sites (tertiary alicyclic amines) is 1. The fourth-order valence-electron chi connectivity index (χ4n) is 2.08. The van der Waals surface area contributed by atoms with E-state index >= 15 is 0 Å². The number of aromatic amines is 1. The molecule has 0 spiro atoms. The third kappa shape index (κ3) is 2.43. The smallest absolute Gasteiger partial charge is 0.410 e. The van der Waals surface area contributed by atoms with Crippen molar-refractivity contribution in [1.29, 1.82) is 0 Å². The van der Waals surface area contributed by atoms with Crippen LogP contribution in [0.15, 0.2) is 12.4 Å². The van der Waals surface area contributed by atoms with Crippen LogP contribution in [0.1, 0.15) is 33.9 Å². The number of rotatable bonds is 1. The summed E-state index contributed by atoms with van der Waals surface area (Å²) in [4.78, 5) is 29.3. The standard InChI is InChI=1S/C13H17N5O2.H2/c1-13(2,3)20-12(19)18-6-8(7-18)9-16-10-11(17-9)15-5-4-14-10;/h4-5,8H,6-7H2,1-3H3,(H,14,15,16,17);1H. The fourth-order valence-corrected chi connectivity index (χ4v) is 2.08. The Morgan fingerprint density at radius 3 is 2.75 bits per heavy atom. The van der Waals surface area contributed by atoms with Crippen LogP contribution in [0.5, 0.6) is 0 Å². The van der Waals surface area contributed by atoms with E-state index < -0.39 is 5.60 Å². The zero-order chi connectivity index (χ0) is 14.3. The molecule has 3 rings (SSSR count). The monoisotopic (exact) mass is 277 g/mol. The largest absolute Gasteiger partial charge is 0.444 e. The Balaban J connectivity index is 0.00000161. The topological polar surface area (TPSA) is 84.0 Å². The number of carbonyl (C=O) groups is 1. The number of hydrogen-bond acceptors (Lipinski definition) is 5. The van der Waals surface area contributed by atoms with E-state index in [1.807, 2.05) is 20.8 Å². The van der Waals surface area contributed by atoms with Gasteiger partial charge in [0, 0.05) is 26.9 Å². The summed E-state index contributed by atoms with van der Waals surface area (Å²) < 4.78 is 5.32. The highest BCUT2D eigenvalue weighted by Gasteiger charge is 2.36. The summed E-state index contributed by atoms with van der Waals surface area (Å²) in [6.07, 6.45) is 2.96. The Bertz CT molecular complexity index is 612. The van der Waals surface area contributed by atoms with Gasteiger partial charge in [0.05, 0.1) is 5.92 Å². The van der Waals surface area contributed by atoms with E-state index in [0.29, 0.717) is 24.4 Å². The van der Waals surface area contributed by atoms with Gasteiger partial charge in [-0.05, 0) is 20.8 Å². The van der Waals surface area contributed by atoms with Gasteiger partial charge in [-0.25, -0.2) is 19.7 Å². The highest BCUT2D eigenvalue weighted by atomic mass is 16.6. The van der Waals surface area contributed by atoms with Crippen LogP contribution in [0, 0.1) is 0 Å². The van der Waals surface area contributed by atoms with Gasteiger partial charge in [-0.2, -0.15) is 0 Å². The molecule has 7 heteroatoms. The number of hydrogen-bond donors (Lipinski definition) is 1. The fraction of sp³-hybridized carbons (Fsp3) is 0.538. The Hall–Kier alpha value is -2.18. The number of amides is 1. The molecule has 3 heterocycles. The van der Waals surface area contributed by atoms with Crippen molar-refractivity contribution in [2.45, 2.75) is 32.3 Å². The predicted molar refractivity (Wildman–Crippen MR) is 74.3 cm³/mol. The zero-order valence-corrected chi connectivity index (χ0v) is 11.8. The first-order valence-corrected chi connectivity index (χ1v) is 6.57. The molecule has 1 N–H and O–H groups in total. The van der Waals surface area contributed by atoms with Crippen molar-refractivity contribution in [2.24, 2.45) is 0 Å². The summed E-state index contributed by atoms with van der Waals surface area (Å²) in [5, 5.41) is 0. The first-order valence-electron chi connectivity index (χ1n) is 6.57. The molecule has 1 amide bonds. The van der Waals surface area contributed by atoms with Gasteiger partial charge in [0.2, 0.25) is 0 Å². The summed E-state index contributed by atoms with van der Waals surface area (Å²) in [6, 6.07) is 0. The number of H-pyrrole nitrogens is 1. The average Bonchev–Trinajstić information content (AvgIpc) is 2.67. The maximum atomic E-state index is 11.8. The van der Waals surface area contributed by atoms with E-state index in [9.17, 15) is 4.79 Å². The molecule has 7 nitrogen and oxygen atoms in total. The van der Waals surface area contributed by atoms with Gasteiger partial charge in [0.1, 0.15) is 11.4 Å². The molecule has 0 unspecified atom stereocenters. The third-order valence-corrected chi connectivity index (χ3v) is 3.07. The molecule has 1 aliphatic heterocycles. The van der Waals surface area contributed by atoms with Crippen molar-refractivity contribution in [3.63, 3.8) is 0 Å². The second kappa shape index (κ2) is 4.43. The Labute approximate surface area is 117 Å². The quantitative estimate of drug-likeness (QED) is 0.861. The minimum atomic E-state index is -0.463. The van der Waals surface area contributed by atoms with E-state index in [0.717, 1.165) is 5.82 Å². The van der Waals surface area contributed by atoms with Crippen molar-refractivity contribution >= 4 is 17.4 Å². The highest BCUT2D eigenvalue weighted by Crippen LogP contribution is 2.27. The number of nitrogens with zero attached hydrogens (tertiary/aromatic N) is 4. The molecule has 108 valence electrons. The second-order valence-corrected chi connectivity index (χ2v) is 5.93. The summed E-state index contributed by atoms with van der Waals surface area (Å²) in [7, 11) is 0. The molecular formula is C13H19N5O2. The van der Waals surface area contributed by atoms with Gasteiger partial charge in [0.15, 0.2) is 11.3 Å². The molecule has 0 atom stereocenters. The van der Waals surface area contributed by atoms with Crippen molar-refractivity contribution < 1.29 is 11.0 Å². The van der Waals surface area contributed by atoms with Crippen LogP contribution in [0.4, 0.5) is 4.79 Å². The van der Waals surface area contributed by atoms with Crippen molar-refractivity contribution in [2.75, 3.05) is 13.1 Å². The maximum absolute atomic E-state index is 11.8. The highest BCUT2D eigenvalue weighted by molar-refractivity contribution is 5.70. The molecule has 1 saturated heterocycles. The molecule has 0 aliphatic carbocycles. The molecule has 0 aromatic carbocycles. The van der Waals surface area contributed by atoms with E-state index in [-0.39, 0.29) is 13.4 Å². The molecular weight excluding hydrogens is 258 g/mol. The Morgan fingerprint density at radius 2 is 2.10 bits per heavy atom. The lowest BCUT2D eigenvalue weighted by molar-refractivity contribution is 0.00761. The van der Waals surface area contributed by atoms with Gasteiger partial charge >= 0.3 is 6.09 Å². The summed E-state index contributed by atoms with van der Waals surface area (Å²) in [6.45, 7) is 6.79. The molecule has 20 heavy (non-hydrogen) atoms. The first-order chi connectivity index (χ1) is 9.42. The molecule has 2 aromatic heterocycles. The first kappa shape index (κ1) is 12.8. The second-order valence-electron chi connectivity index (χ2n) is 5.93.